The second kappa shape index (κ2) is 8.91. The number of nitrogens with zero attached hydrogens (tertiary/aromatic N) is 3. The van der Waals surface area contributed by atoms with Crippen molar-refractivity contribution in [2.24, 2.45) is 0 Å². The Morgan fingerprint density at radius 2 is 1.72 bits per heavy atom. The molecule has 0 aliphatic rings. The zero-order chi connectivity index (χ0) is 20.2. The lowest BCUT2D eigenvalue weighted by molar-refractivity contribution is 0.245. The highest BCUT2D eigenvalue weighted by Crippen LogP contribution is 2.29. The Balaban J connectivity index is 1.60. The summed E-state index contributed by atoms with van der Waals surface area (Å²) in [7, 11) is 0. The van der Waals surface area contributed by atoms with Crippen molar-refractivity contribution in [1.82, 2.24) is 14.9 Å². The molecule has 4 nitrogen and oxygen atoms in total. The smallest absolute Gasteiger partial charge is 0.228 e. The summed E-state index contributed by atoms with van der Waals surface area (Å²) < 4.78 is 5.96. The van der Waals surface area contributed by atoms with Crippen LogP contribution in [0.25, 0.3) is 11.5 Å². The second-order valence-corrected chi connectivity index (χ2v) is 8.34. The number of hydrogen-bond acceptors (Lipinski definition) is 5. The highest BCUT2D eigenvalue weighted by Gasteiger charge is 2.18. The topological polar surface area (TPSA) is 42.2 Å². The van der Waals surface area contributed by atoms with Crippen molar-refractivity contribution in [3.8, 4) is 11.5 Å². The van der Waals surface area contributed by atoms with Crippen molar-refractivity contribution in [2.75, 3.05) is 0 Å². The number of thiazole rings is 1. The van der Waals surface area contributed by atoms with E-state index in [0.29, 0.717) is 17.5 Å². The summed E-state index contributed by atoms with van der Waals surface area (Å²) in [5, 5.41) is 0.640. The molecular formula is C23H22ClN3OS. The molecule has 0 radical (unpaired) electrons. The quantitative estimate of drug-likeness (QED) is 0.351. The molecule has 0 aliphatic carbocycles. The Hall–Kier alpha value is -2.47. The summed E-state index contributed by atoms with van der Waals surface area (Å²) in [6.07, 6.45) is 0. The fourth-order valence-corrected chi connectivity index (χ4v) is 4.26. The monoisotopic (exact) mass is 423 g/mol. The van der Waals surface area contributed by atoms with Crippen LogP contribution in [0, 0.1) is 13.8 Å². The highest BCUT2D eigenvalue weighted by atomic mass is 35.5. The number of oxazole rings is 1. The maximum Gasteiger partial charge on any atom is 0.228 e. The third kappa shape index (κ3) is 4.75. The van der Waals surface area contributed by atoms with Gasteiger partial charge in [0.25, 0.3) is 0 Å². The van der Waals surface area contributed by atoms with Crippen LogP contribution in [0.15, 0.2) is 64.5 Å². The van der Waals surface area contributed by atoms with Crippen LogP contribution in [-0.4, -0.2) is 14.9 Å². The van der Waals surface area contributed by atoms with Crippen molar-refractivity contribution in [3.63, 3.8) is 0 Å². The SMILES string of the molecule is Cc1ncsc1CN(Cc1ccccc1)Cc1nc(-c2ccccc2Cl)oc1C. The summed E-state index contributed by atoms with van der Waals surface area (Å²) in [6.45, 7) is 6.35. The van der Waals surface area contributed by atoms with Crippen LogP contribution in [0.4, 0.5) is 0 Å². The number of benzene rings is 2. The molecule has 6 heteroatoms. The summed E-state index contributed by atoms with van der Waals surface area (Å²) in [5.74, 6) is 1.38. The van der Waals surface area contributed by atoms with Gasteiger partial charge in [0, 0.05) is 24.5 Å². The van der Waals surface area contributed by atoms with E-state index in [1.165, 1.54) is 10.4 Å². The molecule has 2 heterocycles. The van der Waals surface area contributed by atoms with Crippen LogP contribution in [0.1, 0.15) is 27.6 Å². The number of aromatic nitrogens is 2. The first-order valence-electron chi connectivity index (χ1n) is 9.46. The first-order chi connectivity index (χ1) is 14.1. The average Bonchev–Trinajstić information content (AvgIpc) is 3.28. The van der Waals surface area contributed by atoms with E-state index in [1.807, 2.05) is 42.8 Å². The molecule has 2 aromatic carbocycles. The van der Waals surface area contributed by atoms with Gasteiger partial charge in [0.05, 0.1) is 27.5 Å². The zero-order valence-electron chi connectivity index (χ0n) is 16.4. The van der Waals surface area contributed by atoms with Crippen LogP contribution in [0.2, 0.25) is 5.02 Å². The Morgan fingerprint density at radius 1 is 0.966 bits per heavy atom. The molecule has 148 valence electrons. The van der Waals surface area contributed by atoms with Crippen molar-refractivity contribution in [2.45, 2.75) is 33.5 Å². The molecule has 29 heavy (non-hydrogen) atoms. The van der Waals surface area contributed by atoms with E-state index in [9.17, 15) is 0 Å². The average molecular weight is 424 g/mol. The Bertz CT molecular complexity index is 1090. The van der Waals surface area contributed by atoms with Crippen LogP contribution >= 0.6 is 22.9 Å². The molecule has 4 aromatic rings. The molecule has 0 amide bonds. The lowest BCUT2D eigenvalue weighted by atomic mass is 10.2. The summed E-state index contributed by atoms with van der Waals surface area (Å²) >= 11 is 8.02. The fraction of sp³-hybridized carbons (Fsp3) is 0.217. The highest BCUT2D eigenvalue weighted by molar-refractivity contribution is 7.09. The third-order valence-electron chi connectivity index (χ3n) is 4.83. The third-order valence-corrected chi connectivity index (χ3v) is 6.08. The summed E-state index contributed by atoms with van der Waals surface area (Å²) in [6, 6.07) is 18.1. The van der Waals surface area contributed by atoms with Gasteiger partial charge in [0.1, 0.15) is 5.76 Å². The minimum absolute atomic E-state index is 0.566. The van der Waals surface area contributed by atoms with Gasteiger partial charge in [-0.05, 0) is 31.5 Å². The van der Waals surface area contributed by atoms with Crippen molar-refractivity contribution < 1.29 is 4.42 Å². The van der Waals surface area contributed by atoms with Gasteiger partial charge in [0.2, 0.25) is 5.89 Å². The van der Waals surface area contributed by atoms with Crippen LogP contribution in [0.3, 0.4) is 0 Å². The van der Waals surface area contributed by atoms with Gasteiger partial charge in [-0.1, -0.05) is 54.1 Å². The van der Waals surface area contributed by atoms with Gasteiger partial charge in [-0.3, -0.25) is 4.90 Å². The van der Waals surface area contributed by atoms with Crippen molar-refractivity contribution in [1.29, 1.82) is 0 Å². The van der Waals surface area contributed by atoms with Gasteiger partial charge in [-0.2, -0.15) is 0 Å². The number of rotatable bonds is 7. The van der Waals surface area contributed by atoms with Gasteiger partial charge >= 0.3 is 0 Å². The van der Waals surface area contributed by atoms with E-state index in [0.717, 1.165) is 35.8 Å². The lowest BCUT2D eigenvalue weighted by Crippen LogP contribution is -2.23. The molecule has 0 spiro atoms. The molecule has 0 fully saturated rings. The predicted octanol–water partition coefficient (Wildman–Crippen LogP) is 6.27. The number of aryl methyl sites for hydroxylation is 2. The van der Waals surface area contributed by atoms with Crippen LogP contribution < -0.4 is 0 Å². The first-order valence-corrected chi connectivity index (χ1v) is 10.7. The van der Waals surface area contributed by atoms with Gasteiger partial charge in [0.15, 0.2) is 0 Å². The predicted molar refractivity (Wildman–Crippen MR) is 118 cm³/mol. The summed E-state index contributed by atoms with van der Waals surface area (Å²) in [5.41, 5.74) is 6.00. The van der Waals surface area contributed by atoms with Gasteiger partial charge in [-0.25, -0.2) is 9.97 Å². The van der Waals surface area contributed by atoms with E-state index in [4.69, 9.17) is 21.0 Å². The van der Waals surface area contributed by atoms with Gasteiger partial charge in [-0.15, -0.1) is 11.3 Å². The molecule has 0 N–H and O–H groups in total. The van der Waals surface area contributed by atoms with E-state index >= 15 is 0 Å². The molecule has 4 rings (SSSR count). The largest absolute Gasteiger partial charge is 0.441 e. The van der Waals surface area contributed by atoms with Crippen molar-refractivity contribution in [3.05, 3.63) is 92.7 Å². The second-order valence-electron chi connectivity index (χ2n) is 6.99. The Labute approximate surface area is 179 Å². The maximum absolute atomic E-state index is 6.33. The molecule has 0 saturated carbocycles. The Kier molecular flexibility index (Phi) is 6.09. The maximum atomic E-state index is 6.33. The molecule has 2 aromatic heterocycles. The molecule has 0 aliphatic heterocycles. The zero-order valence-corrected chi connectivity index (χ0v) is 18.0. The van der Waals surface area contributed by atoms with E-state index in [2.05, 4.69) is 41.1 Å². The molecule has 0 unspecified atom stereocenters. The standard InChI is InChI=1S/C23H22ClN3OS/c1-16-22(29-15-25-16)14-27(12-18-8-4-3-5-9-18)13-21-17(2)28-23(26-21)19-10-6-7-11-20(19)24/h3-11,15H,12-14H2,1-2H3. The lowest BCUT2D eigenvalue weighted by Gasteiger charge is -2.21. The van der Waals surface area contributed by atoms with Gasteiger partial charge < -0.3 is 4.42 Å². The van der Waals surface area contributed by atoms with E-state index in [-0.39, 0.29) is 0 Å². The normalized spacial score (nSPS) is 11.3. The molecule has 0 bridgehead atoms. The van der Waals surface area contributed by atoms with E-state index in [1.54, 1.807) is 11.3 Å². The van der Waals surface area contributed by atoms with Crippen LogP contribution in [0.5, 0.6) is 0 Å². The minimum Gasteiger partial charge on any atom is -0.441 e. The number of halogens is 1. The van der Waals surface area contributed by atoms with Crippen LogP contribution in [-0.2, 0) is 19.6 Å². The van der Waals surface area contributed by atoms with Crippen molar-refractivity contribution >= 4 is 22.9 Å². The molecular weight excluding hydrogens is 402 g/mol. The molecule has 0 saturated heterocycles. The minimum atomic E-state index is 0.566. The summed E-state index contributed by atoms with van der Waals surface area (Å²) in [4.78, 5) is 12.8. The fourth-order valence-electron chi connectivity index (χ4n) is 3.23. The van der Waals surface area contributed by atoms with E-state index < -0.39 is 0 Å². The first kappa shape index (κ1) is 19.8. The number of hydrogen-bond donors (Lipinski definition) is 0. The Morgan fingerprint density at radius 3 is 2.45 bits per heavy atom. The molecule has 0 atom stereocenters.